The average Bonchev–Trinajstić information content (AvgIpc) is 2.46. The molecule has 0 atom stereocenters. The Kier molecular flexibility index (Phi) is 7.17. The van der Waals surface area contributed by atoms with Crippen LogP contribution in [0.2, 0.25) is 0 Å². The minimum Gasteiger partial charge on any atom is -0.357 e. The van der Waals surface area contributed by atoms with Gasteiger partial charge in [0.05, 0.1) is 6.54 Å². The van der Waals surface area contributed by atoms with Crippen molar-refractivity contribution in [1.82, 2.24) is 16.0 Å². The lowest BCUT2D eigenvalue weighted by Crippen LogP contribution is -2.36. The summed E-state index contributed by atoms with van der Waals surface area (Å²) in [5.74, 6) is 0.770. The van der Waals surface area contributed by atoms with Crippen LogP contribution in [0.3, 0.4) is 0 Å². The van der Waals surface area contributed by atoms with Gasteiger partial charge in [0.2, 0.25) is 0 Å². The third-order valence-electron chi connectivity index (χ3n) is 2.66. The summed E-state index contributed by atoms with van der Waals surface area (Å²) in [6.07, 6.45) is 0. The van der Waals surface area contributed by atoms with Gasteiger partial charge in [0.1, 0.15) is 0 Å². The van der Waals surface area contributed by atoms with Crippen LogP contribution in [0.15, 0.2) is 29.3 Å². The van der Waals surface area contributed by atoms with Crippen LogP contribution >= 0.6 is 0 Å². The molecule has 110 valence electrons. The maximum Gasteiger partial charge on any atom is 0.251 e. The lowest BCUT2D eigenvalue weighted by molar-refractivity contribution is 0.0956. The molecule has 20 heavy (non-hydrogen) atoms. The van der Waals surface area contributed by atoms with E-state index < -0.39 is 0 Å². The topological polar surface area (TPSA) is 65.5 Å². The van der Waals surface area contributed by atoms with Gasteiger partial charge in [-0.1, -0.05) is 12.1 Å². The summed E-state index contributed by atoms with van der Waals surface area (Å²) in [5.41, 5.74) is 1.75. The van der Waals surface area contributed by atoms with Crippen LogP contribution in [0.1, 0.15) is 36.7 Å². The summed E-state index contributed by atoms with van der Waals surface area (Å²) >= 11 is 0. The van der Waals surface area contributed by atoms with E-state index >= 15 is 0 Å². The van der Waals surface area contributed by atoms with Gasteiger partial charge < -0.3 is 16.0 Å². The fourth-order valence-corrected chi connectivity index (χ4v) is 1.70. The molecule has 0 fully saturated rings. The molecule has 0 bridgehead atoms. The maximum absolute atomic E-state index is 11.6. The second-order valence-corrected chi connectivity index (χ2v) is 4.28. The molecule has 1 aromatic rings. The van der Waals surface area contributed by atoms with Gasteiger partial charge in [-0.05, 0) is 38.5 Å². The molecule has 0 aliphatic heterocycles. The molecule has 0 unspecified atom stereocenters. The van der Waals surface area contributed by atoms with Crippen molar-refractivity contribution in [3.63, 3.8) is 0 Å². The Morgan fingerprint density at radius 2 is 1.50 bits per heavy atom. The zero-order valence-corrected chi connectivity index (χ0v) is 12.5. The van der Waals surface area contributed by atoms with Crippen LogP contribution in [0, 0.1) is 0 Å². The van der Waals surface area contributed by atoms with E-state index in [0.717, 1.165) is 24.6 Å². The van der Waals surface area contributed by atoms with Crippen molar-refractivity contribution in [2.75, 3.05) is 19.6 Å². The number of aliphatic imine (C=N–C) groups is 1. The molecule has 0 aromatic heterocycles. The van der Waals surface area contributed by atoms with Gasteiger partial charge in [-0.2, -0.15) is 0 Å². The molecule has 1 aromatic carbocycles. The highest BCUT2D eigenvalue weighted by atomic mass is 16.1. The summed E-state index contributed by atoms with van der Waals surface area (Å²) in [6.45, 7) is 8.88. The van der Waals surface area contributed by atoms with Gasteiger partial charge in [-0.3, -0.25) is 4.79 Å². The maximum atomic E-state index is 11.6. The molecule has 5 heteroatoms. The zero-order chi connectivity index (χ0) is 14.8. The number of hydrogen-bond donors (Lipinski definition) is 3. The molecule has 5 nitrogen and oxygen atoms in total. The second-order valence-electron chi connectivity index (χ2n) is 4.28. The van der Waals surface area contributed by atoms with Crippen molar-refractivity contribution >= 4 is 11.9 Å². The molecule has 0 aliphatic rings. The summed E-state index contributed by atoms with van der Waals surface area (Å²) in [6, 6.07) is 7.53. The molecule has 0 radical (unpaired) electrons. The summed E-state index contributed by atoms with van der Waals surface area (Å²) in [4.78, 5) is 16.1. The minimum absolute atomic E-state index is 0.0384. The van der Waals surface area contributed by atoms with E-state index in [1.165, 1.54) is 0 Å². The molecule has 0 saturated heterocycles. The Morgan fingerprint density at radius 1 is 0.950 bits per heavy atom. The third kappa shape index (κ3) is 5.30. The molecular weight excluding hydrogens is 252 g/mol. The molecule has 0 spiro atoms. The van der Waals surface area contributed by atoms with Crippen molar-refractivity contribution in [2.45, 2.75) is 27.3 Å². The van der Waals surface area contributed by atoms with Crippen LogP contribution in [0.25, 0.3) is 0 Å². The number of benzene rings is 1. The number of nitrogens with zero attached hydrogens (tertiary/aromatic N) is 1. The van der Waals surface area contributed by atoms with E-state index in [0.29, 0.717) is 18.7 Å². The predicted octanol–water partition coefficient (Wildman–Crippen LogP) is 1.51. The van der Waals surface area contributed by atoms with Gasteiger partial charge >= 0.3 is 0 Å². The zero-order valence-electron chi connectivity index (χ0n) is 12.5. The number of carbonyl (C=O) groups is 1. The first kappa shape index (κ1) is 16.0. The monoisotopic (exact) mass is 276 g/mol. The molecule has 0 heterocycles. The smallest absolute Gasteiger partial charge is 0.251 e. The van der Waals surface area contributed by atoms with E-state index in [1.807, 2.05) is 45.0 Å². The summed E-state index contributed by atoms with van der Waals surface area (Å²) in [5, 5.41) is 9.13. The molecule has 3 N–H and O–H groups in total. The summed E-state index contributed by atoms with van der Waals surface area (Å²) in [7, 11) is 0. The first-order valence-electron chi connectivity index (χ1n) is 7.10. The molecule has 0 saturated carbocycles. The number of rotatable bonds is 6. The summed E-state index contributed by atoms with van der Waals surface area (Å²) < 4.78 is 0. The number of hydrogen-bond acceptors (Lipinski definition) is 2. The number of carbonyl (C=O) groups excluding carboxylic acids is 1. The molecular formula is C15H24N4O. The van der Waals surface area contributed by atoms with Crippen molar-refractivity contribution in [2.24, 2.45) is 4.99 Å². The molecule has 0 aliphatic carbocycles. The lowest BCUT2D eigenvalue weighted by atomic mass is 10.1. The van der Waals surface area contributed by atoms with Crippen LogP contribution in [0.5, 0.6) is 0 Å². The largest absolute Gasteiger partial charge is 0.357 e. The van der Waals surface area contributed by atoms with Crippen LogP contribution in [-0.2, 0) is 6.54 Å². The Hall–Kier alpha value is -2.04. The highest BCUT2D eigenvalue weighted by Crippen LogP contribution is 2.05. The second kappa shape index (κ2) is 8.96. The van der Waals surface area contributed by atoms with E-state index in [9.17, 15) is 4.79 Å². The SMILES string of the molecule is CCNC(=O)c1ccc(CN=C(NCC)NCC)cc1. The van der Waals surface area contributed by atoms with Gasteiger partial charge in [-0.15, -0.1) is 0 Å². The standard InChI is InChI=1S/C15H24N4O/c1-4-16-14(20)13-9-7-12(8-10-13)11-19-15(17-5-2)18-6-3/h7-10H,4-6,11H2,1-3H3,(H,16,20)(H2,17,18,19). The van der Waals surface area contributed by atoms with Crippen molar-refractivity contribution in [3.05, 3.63) is 35.4 Å². The number of amides is 1. The Bertz CT molecular complexity index is 432. The minimum atomic E-state index is -0.0384. The number of guanidine groups is 1. The normalized spacial score (nSPS) is 9.75. The third-order valence-corrected chi connectivity index (χ3v) is 2.66. The number of nitrogens with one attached hydrogen (secondary N) is 3. The van der Waals surface area contributed by atoms with Gasteiger partial charge in [0.25, 0.3) is 5.91 Å². The van der Waals surface area contributed by atoms with E-state index in [2.05, 4.69) is 20.9 Å². The Labute approximate surface area is 120 Å². The van der Waals surface area contributed by atoms with E-state index in [1.54, 1.807) is 0 Å². The Balaban J connectivity index is 2.64. The highest BCUT2D eigenvalue weighted by molar-refractivity contribution is 5.94. The van der Waals surface area contributed by atoms with Crippen LogP contribution < -0.4 is 16.0 Å². The average molecular weight is 276 g/mol. The lowest BCUT2D eigenvalue weighted by Gasteiger charge is -2.09. The fourth-order valence-electron chi connectivity index (χ4n) is 1.70. The van der Waals surface area contributed by atoms with E-state index in [-0.39, 0.29) is 5.91 Å². The van der Waals surface area contributed by atoms with Crippen molar-refractivity contribution < 1.29 is 4.79 Å². The first-order chi connectivity index (χ1) is 9.71. The van der Waals surface area contributed by atoms with Crippen LogP contribution in [-0.4, -0.2) is 31.5 Å². The molecule has 1 amide bonds. The van der Waals surface area contributed by atoms with E-state index in [4.69, 9.17) is 0 Å². The fraction of sp³-hybridized carbons (Fsp3) is 0.467. The van der Waals surface area contributed by atoms with Crippen LogP contribution in [0.4, 0.5) is 0 Å². The van der Waals surface area contributed by atoms with Gasteiger partial charge in [0, 0.05) is 25.2 Å². The highest BCUT2D eigenvalue weighted by Gasteiger charge is 2.03. The quantitative estimate of drug-likeness (QED) is 0.545. The first-order valence-corrected chi connectivity index (χ1v) is 7.10. The molecule has 1 rings (SSSR count). The van der Waals surface area contributed by atoms with Crippen molar-refractivity contribution in [3.8, 4) is 0 Å². The van der Waals surface area contributed by atoms with Gasteiger partial charge in [-0.25, -0.2) is 4.99 Å². The van der Waals surface area contributed by atoms with Crippen molar-refractivity contribution in [1.29, 1.82) is 0 Å². The Morgan fingerprint density at radius 3 is 2.00 bits per heavy atom. The predicted molar refractivity (Wildman–Crippen MR) is 82.9 cm³/mol. The van der Waals surface area contributed by atoms with Gasteiger partial charge in [0.15, 0.2) is 5.96 Å².